The van der Waals surface area contributed by atoms with Crippen molar-refractivity contribution in [3.63, 3.8) is 0 Å². The zero-order valence-electron chi connectivity index (χ0n) is 17.4. The highest BCUT2D eigenvalue weighted by atomic mass is 35.5. The second-order valence-electron chi connectivity index (χ2n) is 7.46. The van der Waals surface area contributed by atoms with Crippen molar-refractivity contribution in [2.75, 3.05) is 19.8 Å². The van der Waals surface area contributed by atoms with Gasteiger partial charge in [-0.2, -0.15) is 5.10 Å². The van der Waals surface area contributed by atoms with Crippen molar-refractivity contribution in [3.05, 3.63) is 63.8 Å². The molecule has 4 rings (SSSR count). The molecule has 8 heteroatoms. The number of aromatic hydroxyl groups is 1. The molecule has 0 bridgehead atoms. The van der Waals surface area contributed by atoms with Gasteiger partial charge in [0.2, 0.25) is 0 Å². The minimum Gasteiger partial charge on any atom is -0.507 e. The van der Waals surface area contributed by atoms with Gasteiger partial charge in [-0.3, -0.25) is 9.89 Å². The Morgan fingerprint density at radius 2 is 2.10 bits per heavy atom. The molecule has 2 heterocycles. The van der Waals surface area contributed by atoms with Crippen LogP contribution >= 0.6 is 11.6 Å². The molecule has 31 heavy (non-hydrogen) atoms. The van der Waals surface area contributed by atoms with Crippen LogP contribution in [0.3, 0.4) is 0 Å². The quantitative estimate of drug-likeness (QED) is 0.513. The number of fused-ring (bicyclic) bond motifs is 1. The number of amides is 1. The van der Waals surface area contributed by atoms with Crippen molar-refractivity contribution in [1.82, 2.24) is 15.1 Å². The smallest absolute Gasteiger partial charge is 0.273 e. The van der Waals surface area contributed by atoms with Crippen LogP contribution in [0.15, 0.2) is 36.4 Å². The highest BCUT2D eigenvalue weighted by Gasteiger charge is 2.42. The van der Waals surface area contributed by atoms with Crippen LogP contribution in [0.5, 0.6) is 11.5 Å². The molecule has 0 radical (unpaired) electrons. The first-order chi connectivity index (χ1) is 15.0. The van der Waals surface area contributed by atoms with Crippen LogP contribution in [0.25, 0.3) is 11.3 Å². The lowest BCUT2D eigenvalue weighted by molar-refractivity contribution is 0.0732. The molecule has 7 nitrogen and oxygen atoms in total. The molecule has 1 aromatic heterocycles. The first-order valence-corrected chi connectivity index (χ1v) is 10.6. The molecule has 3 N–H and O–H groups in total. The molecule has 0 saturated heterocycles. The molecular weight excluding hydrogens is 418 g/mol. The van der Waals surface area contributed by atoms with Gasteiger partial charge in [-0.15, -0.1) is 0 Å². The summed E-state index contributed by atoms with van der Waals surface area (Å²) in [6, 6.07) is 10.4. The maximum absolute atomic E-state index is 13.2. The Labute approximate surface area is 185 Å². The molecule has 1 aliphatic rings. The second kappa shape index (κ2) is 8.61. The summed E-state index contributed by atoms with van der Waals surface area (Å²) in [5.41, 5.74) is 3.58. The van der Waals surface area contributed by atoms with Crippen molar-refractivity contribution >= 4 is 17.5 Å². The lowest BCUT2D eigenvalue weighted by atomic mass is 9.95. The first kappa shape index (κ1) is 21.2. The monoisotopic (exact) mass is 441 g/mol. The van der Waals surface area contributed by atoms with E-state index in [2.05, 4.69) is 10.2 Å². The topological polar surface area (TPSA) is 98.7 Å². The maximum Gasteiger partial charge on any atom is 0.273 e. The van der Waals surface area contributed by atoms with Gasteiger partial charge in [0.1, 0.15) is 22.9 Å². The third kappa shape index (κ3) is 3.75. The van der Waals surface area contributed by atoms with E-state index in [4.69, 9.17) is 16.3 Å². The number of hydrogen-bond donors (Lipinski definition) is 3. The second-order valence-corrected chi connectivity index (χ2v) is 7.87. The van der Waals surface area contributed by atoms with E-state index in [9.17, 15) is 15.0 Å². The van der Waals surface area contributed by atoms with E-state index in [1.807, 2.05) is 38.1 Å². The van der Waals surface area contributed by atoms with Crippen LogP contribution in [-0.2, 0) is 0 Å². The Morgan fingerprint density at radius 1 is 1.29 bits per heavy atom. The molecule has 1 atom stereocenters. The molecule has 0 spiro atoms. The average Bonchev–Trinajstić information content (AvgIpc) is 3.28. The number of ether oxygens (including phenoxy) is 1. The summed E-state index contributed by atoms with van der Waals surface area (Å²) in [7, 11) is 0. The highest BCUT2D eigenvalue weighted by molar-refractivity contribution is 6.31. The molecule has 1 unspecified atom stereocenters. The fourth-order valence-electron chi connectivity index (χ4n) is 4.02. The molecule has 1 aliphatic heterocycles. The Morgan fingerprint density at radius 3 is 2.84 bits per heavy atom. The number of aryl methyl sites for hydroxylation is 1. The van der Waals surface area contributed by atoms with Crippen LogP contribution in [0.1, 0.15) is 46.6 Å². The zero-order valence-corrected chi connectivity index (χ0v) is 18.1. The molecule has 0 aliphatic carbocycles. The van der Waals surface area contributed by atoms with Gasteiger partial charge in [0.15, 0.2) is 0 Å². The number of nitrogens with zero attached hydrogens (tertiary/aromatic N) is 2. The predicted octanol–water partition coefficient (Wildman–Crippen LogP) is 4.07. The standard InChI is InChI=1S/C23H24ClN3O4/c1-3-31-15-7-4-6-14(11-15)22-19-20(16-12-17(24)13(2)10-18(16)29)25-26-21(19)23(30)27(22)8-5-9-28/h4,6-7,10-12,22,28-29H,3,5,8-9H2,1-2H3,(H,25,26). The van der Waals surface area contributed by atoms with Crippen LogP contribution in [0.4, 0.5) is 0 Å². The van der Waals surface area contributed by atoms with Crippen molar-refractivity contribution in [2.45, 2.75) is 26.3 Å². The molecule has 162 valence electrons. The number of aromatic nitrogens is 2. The van der Waals surface area contributed by atoms with E-state index in [1.165, 1.54) is 0 Å². The maximum atomic E-state index is 13.2. The third-order valence-corrected chi connectivity index (χ3v) is 5.85. The van der Waals surface area contributed by atoms with E-state index in [1.54, 1.807) is 17.0 Å². The number of nitrogens with one attached hydrogen (secondary N) is 1. The number of rotatable bonds is 7. The minimum atomic E-state index is -0.442. The summed E-state index contributed by atoms with van der Waals surface area (Å²) >= 11 is 6.32. The number of carbonyl (C=O) groups excluding carboxylic acids is 1. The summed E-state index contributed by atoms with van der Waals surface area (Å²) in [5.74, 6) is 0.542. The molecule has 2 aromatic carbocycles. The van der Waals surface area contributed by atoms with Crippen LogP contribution < -0.4 is 4.74 Å². The first-order valence-electron chi connectivity index (χ1n) is 10.2. The van der Waals surface area contributed by atoms with Gasteiger partial charge < -0.3 is 19.8 Å². The Kier molecular flexibility index (Phi) is 5.89. The lowest BCUT2D eigenvalue weighted by Crippen LogP contribution is -2.31. The van der Waals surface area contributed by atoms with Gasteiger partial charge in [0, 0.05) is 29.3 Å². The summed E-state index contributed by atoms with van der Waals surface area (Å²) in [5, 5.41) is 27.7. The molecule has 1 amide bonds. The summed E-state index contributed by atoms with van der Waals surface area (Å²) in [6.45, 7) is 4.60. The number of aromatic amines is 1. The summed E-state index contributed by atoms with van der Waals surface area (Å²) in [6.07, 6.45) is 0.446. The SMILES string of the molecule is CCOc1cccc(C2c3c(-c4cc(Cl)c(C)cc4O)n[nH]c3C(=O)N2CCCO)c1. The lowest BCUT2D eigenvalue weighted by Gasteiger charge is -2.26. The van der Waals surface area contributed by atoms with E-state index in [-0.39, 0.29) is 18.3 Å². The molecule has 3 aromatic rings. The number of aliphatic hydroxyl groups is 1. The molecule has 0 saturated carbocycles. The Balaban J connectivity index is 1.88. The van der Waals surface area contributed by atoms with E-state index in [0.29, 0.717) is 52.9 Å². The van der Waals surface area contributed by atoms with Crippen molar-refractivity contribution in [3.8, 4) is 22.8 Å². The van der Waals surface area contributed by atoms with Crippen LogP contribution in [0, 0.1) is 6.92 Å². The number of halogens is 1. The number of phenols is 1. The normalized spacial score (nSPS) is 15.4. The fourth-order valence-corrected chi connectivity index (χ4v) is 4.18. The third-order valence-electron chi connectivity index (χ3n) is 5.44. The number of carbonyl (C=O) groups is 1. The average molecular weight is 442 g/mol. The van der Waals surface area contributed by atoms with Crippen LogP contribution in [-0.4, -0.2) is 51.0 Å². The number of benzene rings is 2. The van der Waals surface area contributed by atoms with Crippen molar-refractivity contribution in [2.24, 2.45) is 0 Å². The Hall–Kier alpha value is -3.03. The Bertz CT molecular complexity index is 1130. The van der Waals surface area contributed by atoms with E-state index < -0.39 is 6.04 Å². The molecule has 0 fully saturated rings. The minimum absolute atomic E-state index is 0.0249. The van der Waals surface area contributed by atoms with Gasteiger partial charge in [-0.05, 0) is 55.7 Å². The highest BCUT2D eigenvalue weighted by Crippen LogP contribution is 2.45. The van der Waals surface area contributed by atoms with Gasteiger partial charge in [0.05, 0.1) is 12.6 Å². The fraction of sp³-hybridized carbons (Fsp3) is 0.304. The summed E-state index contributed by atoms with van der Waals surface area (Å²) in [4.78, 5) is 14.9. The zero-order chi connectivity index (χ0) is 22.1. The van der Waals surface area contributed by atoms with Gasteiger partial charge in [-0.1, -0.05) is 23.7 Å². The number of aliphatic hydroxyl groups excluding tert-OH is 1. The van der Waals surface area contributed by atoms with Crippen molar-refractivity contribution < 1.29 is 19.7 Å². The van der Waals surface area contributed by atoms with Gasteiger partial charge in [-0.25, -0.2) is 0 Å². The predicted molar refractivity (Wildman–Crippen MR) is 118 cm³/mol. The van der Waals surface area contributed by atoms with Crippen LogP contribution in [0.2, 0.25) is 5.02 Å². The van der Waals surface area contributed by atoms with E-state index >= 15 is 0 Å². The van der Waals surface area contributed by atoms with Crippen molar-refractivity contribution in [1.29, 1.82) is 0 Å². The number of H-pyrrole nitrogens is 1. The molecular formula is C23H24ClN3O4. The largest absolute Gasteiger partial charge is 0.507 e. The number of hydrogen-bond acceptors (Lipinski definition) is 5. The van der Waals surface area contributed by atoms with Gasteiger partial charge >= 0.3 is 0 Å². The van der Waals surface area contributed by atoms with Gasteiger partial charge in [0.25, 0.3) is 5.91 Å². The van der Waals surface area contributed by atoms with E-state index in [0.717, 1.165) is 11.1 Å². The summed E-state index contributed by atoms with van der Waals surface area (Å²) < 4.78 is 5.66. The number of phenolic OH excluding ortho intramolecular Hbond substituents is 1.